The predicted octanol–water partition coefficient (Wildman–Crippen LogP) is 1.86. The van der Waals surface area contributed by atoms with E-state index in [4.69, 9.17) is 0 Å². The van der Waals surface area contributed by atoms with Crippen LogP contribution >= 0.6 is 28.3 Å². The SMILES string of the molecule is O=PC(CNc1nncs1)P=O. The molecule has 12 heavy (non-hydrogen) atoms. The van der Waals surface area contributed by atoms with Gasteiger partial charge in [0, 0.05) is 6.54 Å². The third-order valence-corrected chi connectivity index (χ3v) is 3.11. The molecule has 1 aromatic rings. The van der Waals surface area contributed by atoms with Gasteiger partial charge in [-0.25, -0.2) is 0 Å². The summed E-state index contributed by atoms with van der Waals surface area (Å²) >= 11 is 1.34. The Morgan fingerprint density at radius 1 is 1.58 bits per heavy atom. The number of rotatable bonds is 5. The maximum atomic E-state index is 10.3. The van der Waals surface area contributed by atoms with Crippen LogP contribution < -0.4 is 5.32 Å². The fraction of sp³-hybridized carbons (Fsp3) is 0.500. The number of nitrogens with one attached hydrogen (secondary N) is 1. The summed E-state index contributed by atoms with van der Waals surface area (Å²) in [4.78, 5) is 0. The Bertz CT molecular complexity index is 247. The zero-order valence-electron chi connectivity index (χ0n) is 5.88. The van der Waals surface area contributed by atoms with E-state index in [0.29, 0.717) is 11.7 Å². The molecule has 64 valence electrons. The maximum Gasteiger partial charge on any atom is 0.205 e. The van der Waals surface area contributed by atoms with Crippen LogP contribution in [0.4, 0.5) is 5.13 Å². The van der Waals surface area contributed by atoms with Crippen LogP contribution in [-0.4, -0.2) is 22.1 Å². The van der Waals surface area contributed by atoms with Crippen molar-refractivity contribution in [3.8, 4) is 0 Å². The molecule has 0 saturated heterocycles. The number of aromatic nitrogens is 2. The van der Waals surface area contributed by atoms with E-state index >= 15 is 0 Å². The van der Waals surface area contributed by atoms with Gasteiger partial charge in [0.15, 0.2) is 16.9 Å². The molecule has 1 aromatic heterocycles. The number of anilines is 1. The third-order valence-electron chi connectivity index (χ3n) is 1.04. The van der Waals surface area contributed by atoms with Crippen molar-refractivity contribution in [2.75, 3.05) is 11.9 Å². The van der Waals surface area contributed by atoms with Gasteiger partial charge in [0.2, 0.25) is 5.13 Å². The fourth-order valence-corrected chi connectivity index (χ4v) is 1.46. The van der Waals surface area contributed by atoms with E-state index in [0.717, 1.165) is 0 Å². The Balaban J connectivity index is 2.34. The van der Waals surface area contributed by atoms with Crippen LogP contribution in [0, 0.1) is 0 Å². The molecule has 0 aliphatic carbocycles. The van der Waals surface area contributed by atoms with Gasteiger partial charge in [-0.2, -0.15) is 0 Å². The topological polar surface area (TPSA) is 72.0 Å². The average Bonchev–Trinajstić information content (AvgIpc) is 2.59. The molecule has 0 spiro atoms. The normalized spacial score (nSPS) is 13.3. The minimum atomic E-state index is -0.408. The lowest BCUT2D eigenvalue weighted by Crippen LogP contribution is -2.08. The van der Waals surface area contributed by atoms with E-state index < -0.39 is 5.40 Å². The highest BCUT2D eigenvalue weighted by atomic mass is 32.1. The van der Waals surface area contributed by atoms with Crippen molar-refractivity contribution < 1.29 is 9.13 Å². The molecule has 0 unspecified atom stereocenters. The van der Waals surface area contributed by atoms with E-state index in [2.05, 4.69) is 15.5 Å². The first-order chi connectivity index (χ1) is 5.86. The Morgan fingerprint density at radius 2 is 2.33 bits per heavy atom. The molecule has 1 N–H and O–H groups in total. The lowest BCUT2D eigenvalue weighted by molar-refractivity contribution is 0.588. The van der Waals surface area contributed by atoms with Crippen molar-refractivity contribution in [2.24, 2.45) is 0 Å². The number of hydrogen-bond acceptors (Lipinski definition) is 6. The number of nitrogens with zero attached hydrogens (tertiary/aromatic N) is 2. The van der Waals surface area contributed by atoms with Gasteiger partial charge in [0.1, 0.15) is 10.9 Å². The monoisotopic (exact) mass is 221 g/mol. The third kappa shape index (κ3) is 2.89. The summed E-state index contributed by atoms with van der Waals surface area (Å²) in [6.07, 6.45) is 0. The summed E-state index contributed by atoms with van der Waals surface area (Å²) in [6, 6.07) is 0. The molecule has 8 heteroatoms. The van der Waals surface area contributed by atoms with Crippen LogP contribution in [0.5, 0.6) is 0 Å². The van der Waals surface area contributed by atoms with Gasteiger partial charge >= 0.3 is 0 Å². The van der Waals surface area contributed by atoms with Crippen molar-refractivity contribution in [3.05, 3.63) is 5.51 Å². The van der Waals surface area contributed by atoms with E-state index in [1.165, 1.54) is 11.3 Å². The second-order valence-corrected chi connectivity index (χ2v) is 4.73. The van der Waals surface area contributed by atoms with Crippen molar-refractivity contribution >= 4 is 33.4 Å². The first-order valence-corrected chi connectivity index (χ1v) is 5.66. The van der Waals surface area contributed by atoms with Gasteiger partial charge in [0.05, 0.1) is 0 Å². The van der Waals surface area contributed by atoms with Crippen molar-refractivity contribution in [2.45, 2.75) is 5.40 Å². The minimum Gasteiger partial charge on any atom is -0.358 e. The van der Waals surface area contributed by atoms with Gasteiger partial charge in [-0.1, -0.05) is 11.3 Å². The van der Waals surface area contributed by atoms with Crippen molar-refractivity contribution in [1.29, 1.82) is 0 Å². The Labute approximate surface area is 76.0 Å². The molecule has 5 nitrogen and oxygen atoms in total. The molecule has 0 radical (unpaired) electrons. The summed E-state index contributed by atoms with van der Waals surface area (Å²) < 4.78 is 20.6. The highest BCUT2D eigenvalue weighted by Gasteiger charge is 2.07. The molecule has 0 atom stereocenters. The minimum absolute atomic E-state index is 0.130. The summed E-state index contributed by atoms with van der Waals surface area (Å²) in [5.41, 5.74) is 1.58. The highest BCUT2D eigenvalue weighted by Crippen LogP contribution is 2.19. The van der Waals surface area contributed by atoms with Crippen molar-refractivity contribution in [1.82, 2.24) is 10.2 Å². The molecule has 0 saturated carbocycles. The molecular weight excluding hydrogens is 216 g/mol. The van der Waals surface area contributed by atoms with E-state index in [-0.39, 0.29) is 16.9 Å². The molecule has 0 fully saturated rings. The number of hydrogen-bond donors (Lipinski definition) is 1. The summed E-state index contributed by atoms with van der Waals surface area (Å²) in [5.74, 6) is 0. The van der Waals surface area contributed by atoms with E-state index in [9.17, 15) is 9.13 Å². The lowest BCUT2D eigenvalue weighted by atomic mass is 10.7. The second kappa shape index (κ2) is 5.25. The second-order valence-electron chi connectivity index (χ2n) is 1.82. The van der Waals surface area contributed by atoms with Crippen LogP contribution in [0.2, 0.25) is 0 Å². The Morgan fingerprint density at radius 3 is 2.83 bits per heavy atom. The van der Waals surface area contributed by atoms with Gasteiger partial charge in [-0.15, -0.1) is 10.2 Å². The molecular formula is C4H5N3O2P2S. The predicted molar refractivity (Wildman–Crippen MR) is 47.4 cm³/mol. The molecule has 0 bridgehead atoms. The first-order valence-electron chi connectivity index (χ1n) is 3.01. The van der Waals surface area contributed by atoms with Gasteiger partial charge in [0.25, 0.3) is 0 Å². The van der Waals surface area contributed by atoms with Gasteiger partial charge in [-0.3, -0.25) is 9.13 Å². The molecule has 1 heterocycles. The van der Waals surface area contributed by atoms with E-state index in [1.807, 2.05) is 0 Å². The van der Waals surface area contributed by atoms with Crippen LogP contribution in [0.3, 0.4) is 0 Å². The van der Waals surface area contributed by atoms with Crippen LogP contribution in [0.25, 0.3) is 0 Å². The zero-order valence-corrected chi connectivity index (χ0v) is 8.48. The van der Waals surface area contributed by atoms with Gasteiger partial charge < -0.3 is 5.32 Å². The average molecular weight is 221 g/mol. The van der Waals surface area contributed by atoms with Gasteiger partial charge in [-0.05, 0) is 0 Å². The largest absolute Gasteiger partial charge is 0.358 e. The van der Waals surface area contributed by atoms with Crippen LogP contribution in [0.1, 0.15) is 0 Å². The molecule has 0 amide bonds. The highest BCUT2D eigenvalue weighted by molar-refractivity contribution is 7.44. The standard InChI is InChI=1S/C4H5N3O2P2S/c8-10-3(11-9)1-5-4-7-6-2-12-4/h2-3H,1H2,(H,5,7). The summed E-state index contributed by atoms with van der Waals surface area (Å²) in [5, 5.41) is 10.4. The van der Waals surface area contributed by atoms with Crippen molar-refractivity contribution in [3.63, 3.8) is 0 Å². The molecule has 0 aliphatic rings. The quantitative estimate of drug-likeness (QED) is 0.768. The smallest absolute Gasteiger partial charge is 0.205 e. The Kier molecular flexibility index (Phi) is 4.22. The Hall–Kier alpha value is -0.440. The first kappa shape index (κ1) is 9.65. The van der Waals surface area contributed by atoms with Crippen LogP contribution in [-0.2, 0) is 9.13 Å². The summed E-state index contributed by atoms with van der Waals surface area (Å²) in [6.45, 7) is 0.366. The molecule has 0 aliphatic heterocycles. The molecule has 1 rings (SSSR count). The zero-order chi connectivity index (χ0) is 8.81. The molecule has 0 aromatic carbocycles. The van der Waals surface area contributed by atoms with E-state index in [1.54, 1.807) is 5.51 Å². The lowest BCUT2D eigenvalue weighted by Gasteiger charge is -1.99. The summed E-state index contributed by atoms with van der Waals surface area (Å²) in [7, 11) is -0.260. The van der Waals surface area contributed by atoms with Crippen LogP contribution in [0.15, 0.2) is 5.51 Å². The fourth-order valence-electron chi connectivity index (χ4n) is 0.522. The maximum absolute atomic E-state index is 10.3.